The van der Waals surface area contributed by atoms with E-state index in [4.69, 9.17) is 0 Å². The van der Waals surface area contributed by atoms with Crippen LogP contribution in [-0.2, 0) is 4.79 Å². The molecule has 9 heteroatoms. The largest absolute Gasteiger partial charge is 0.369 e. The highest BCUT2D eigenvalue weighted by atomic mass is 16.6. The van der Waals surface area contributed by atoms with Gasteiger partial charge in [0.15, 0.2) is 5.78 Å². The van der Waals surface area contributed by atoms with Crippen molar-refractivity contribution in [2.75, 3.05) is 0 Å². The summed E-state index contributed by atoms with van der Waals surface area (Å²) in [6, 6.07) is 11.6. The number of rotatable bonds is 5. The van der Waals surface area contributed by atoms with Crippen molar-refractivity contribution < 1.29 is 14.6 Å². The lowest BCUT2D eigenvalue weighted by Crippen LogP contribution is -2.43. The number of carbonyl (C=O) groups excluding carboxylic acids is 1. The fourth-order valence-electron chi connectivity index (χ4n) is 3.35. The molecule has 2 aromatic carbocycles. The van der Waals surface area contributed by atoms with Crippen LogP contribution in [0.1, 0.15) is 37.2 Å². The van der Waals surface area contributed by atoms with Gasteiger partial charge in [-0.3, -0.25) is 30.3 Å². The van der Waals surface area contributed by atoms with Crippen LogP contribution in [0.2, 0.25) is 0 Å². The van der Waals surface area contributed by atoms with Crippen molar-refractivity contribution in [3.63, 3.8) is 0 Å². The van der Waals surface area contributed by atoms with Crippen molar-refractivity contribution in [3.8, 4) is 0 Å². The molecule has 0 saturated carbocycles. The Hall–Kier alpha value is -3.59. The molecule has 0 amide bonds. The monoisotopic (exact) mass is 382 g/mol. The van der Waals surface area contributed by atoms with E-state index >= 15 is 0 Å². The van der Waals surface area contributed by atoms with Crippen molar-refractivity contribution in [2.45, 2.75) is 26.1 Å². The van der Waals surface area contributed by atoms with Crippen LogP contribution in [0, 0.1) is 20.2 Å². The van der Waals surface area contributed by atoms with Gasteiger partial charge >= 0.3 is 0 Å². The topological polar surface area (TPSA) is 127 Å². The third-order valence-electron chi connectivity index (χ3n) is 4.59. The molecule has 28 heavy (non-hydrogen) atoms. The first-order valence-corrected chi connectivity index (χ1v) is 8.51. The Bertz CT molecular complexity index is 1000. The van der Waals surface area contributed by atoms with Gasteiger partial charge in [-0.25, -0.2) is 0 Å². The first-order chi connectivity index (χ1) is 13.3. The van der Waals surface area contributed by atoms with Gasteiger partial charge in [0.2, 0.25) is 0 Å². The molecule has 0 radical (unpaired) electrons. The van der Waals surface area contributed by atoms with Crippen LogP contribution in [0.3, 0.4) is 0 Å². The summed E-state index contributed by atoms with van der Waals surface area (Å²) in [5, 5.41) is 28.6. The summed E-state index contributed by atoms with van der Waals surface area (Å²) in [6.07, 6.45) is -0.507. The number of ketones is 1. The smallest absolute Gasteiger partial charge is 0.269 e. The van der Waals surface area contributed by atoms with Crippen molar-refractivity contribution in [1.29, 1.82) is 0 Å². The van der Waals surface area contributed by atoms with Crippen molar-refractivity contribution >= 4 is 17.2 Å². The fourth-order valence-corrected chi connectivity index (χ4v) is 3.35. The van der Waals surface area contributed by atoms with Gasteiger partial charge in [0.1, 0.15) is 6.17 Å². The summed E-state index contributed by atoms with van der Waals surface area (Å²) in [4.78, 5) is 33.5. The van der Waals surface area contributed by atoms with E-state index in [1.165, 1.54) is 31.2 Å². The van der Waals surface area contributed by atoms with Crippen molar-refractivity contribution in [3.05, 3.63) is 91.2 Å². The van der Waals surface area contributed by atoms with Gasteiger partial charge in [0.05, 0.1) is 15.9 Å². The molecule has 144 valence electrons. The normalized spacial score (nSPS) is 19.1. The van der Waals surface area contributed by atoms with Gasteiger partial charge in [-0.2, -0.15) is 0 Å². The van der Waals surface area contributed by atoms with E-state index in [-0.39, 0.29) is 17.2 Å². The molecule has 0 aromatic heterocycles. The third-order valence-corrected chi connectivity index (χ3v) is 4.59. The summed E-state index contributed by atoms with van der Waals surface area (Å²) in [5.74, 6) is -0.175. The van der Waals surface area contributed by atoms with Crippen LogP contribution in [-0.4, -0.2) is 15.6 Å². The number of allylic oxidation sites excluding steroid dienone is 1. The minimum Gasteiger partial charge on any atom is -0.369 e. The predicted molar refractivity (Wildman–Crippen MR) is 101 cm³/mol. The van der Waals surface area contributed by atoms with Gasteiger partial charge in [0.25, 0.3) is 11.4 Å². The molecule has 0 saturated heterocycles. The van der Waals surface area contributed by atoms with Gasteiger partial charge in [0, 0.05) is 35.5 Å². The van der Waals surface area contributed by atoms with E-state index in [2.05, 4.69) is 10.6 Å². The Morgan fingerprint density at radius 1 is 0.964 bits per heavy atom. The number of hydrogen-bond acceptors (Lipinski definition) is 7. The second-order valence-corrected chi connectivity index (χ2v) is 6.48. The van der Waals surface area contributed by atoms with E-state index in [0.717, 1.165) is 0 Å². The average Bonchev–Trinajstić information content (AvgIpc) is 2.67. The number of carbonyl (C=O) groups is 1. The zero-order valence-corrected chi connectivity index (χ0v) is 15.2. The first kappa shape index (κ1) is 19.2. The molecule has 0 spiro atoms. The van der Waals surface area contributed by atoms with Gasteiger partial charge in [-0.15, -0.1) is 0 Å². The van der Waals surface area contributed by atoms with Crippen LogP contribution in [0.4, 0.5) is 11.4 Å². The summed E-state index contributed by atoms with van der Waals surface area (Å²) in [6.45, 7) is 3.17. The summed E-state index contributed by atoms with van der Waals surface area (Å²) < 4.78 is 0. The zero-order valence-electron chi connectivity index (χ0n) is 15.2. The molecule has 0 aliphatic carbocycles. The van der Waals surface area contributed by atoms with Crippen molar-refractivity contribution in [1.82, 2.24) is 10.6 Å². The molecule has 2 atom stereocenters. The predicted octanol–water partition coefficient (Wildman–Crippen LogP) is 3.30. The molecular formula is C19H18N4O5. The fraction of sp³-hybridized carbons (Fsp3) is 0.211. The highest BCUT2D eigenvalue weighted by Gasteiger charge is 2.32. The Morgan fingerprint density at radius 3 is 2.04 bits per heavy atom. The van der Waals surface area contributed by atoms with E-state index in [0.29, 0.717) is 22.4 Å². The number of benzene rings is 2. The summed E-state index contributed by atoms with van der Waals surface area (Å²) in [7, 11) is 0. The molecule has 0 bridgehead atoms. The van der Waals surface area contributed by atoms with Crippen LogP contribution >= 0.6 is 0 Å². The third kappa shape index (κ3) is 3.74. The lowest BCUT2D eigenvalue weighted by molar-refractivity contribution is -0.385. The molecule has 1 aliphatic rings. The second kappa shape index (κ2) is 7.57. The van der Waals surface area contributed by atoms with Gasteiger partial charge in [-0.05, 0) is 25.0 Å². The molecule has 2 N–H and O–H groups in total. The van der Waals surface area contributed by atoms with E-state index in [9.17, 15) is 25.0 Å². The minimum atomic E-state index is -0.595. The number of Topliss-reactive ketones (excluding diaryl/α,β-unsaturated/α-hetero) is 1. The maximum absolute atomic E-state index is 12.2. The average molecular weight is 382 g/mol. The lowest BCUT2D eigenvalue weighted by atomic mass is 9.91. The van der Waals surface area contributed by atoms with Gasteiger partial charge in [-0.1, -0.05) is 24.3 Å². The molecule has 0 unspecified atom stereocenters. The van der Waals surface area contributed by atoms with Crippen LogP contribution in [0.15, 0.2) is 59.8 Å². The standard InChI is InChI=1S/C19H18N4O5/c1-11-17(12(2)24)18(13-5-3-7-15(9-13)22(25)26)21-19(20-11)14-6-4-8-16(10-14)23(27)28/h3-10,18-21H,1-2H3/t18-,19-/m1/s1. The lowest BCUT2D eigenvalue weighted by Gasteiger charge is -2.35. The Balaban J connectivity index is 2.05. The highest BCUT2D eigenvalue weighted by molar-refractivity contribution is 5.95. The molecular weight excluding hydrogens is 364 g/mol. The minimum absolute atomic E-state index is 0.0491. The van der Waals surface area contributed by atoms with Crippen LogP contribution in [0.25, 0.3) is 0 Å². The maximum atomic E-state index is 12.2. The quantitative estimate of drug-likeness (QED) is 0.600. The molecule has 3 rings (SSSR count). The van der Waals surface area contributed by atoms with Crippen molar-refractivity contribution in [2.24, 2.45) is 0 Å². The van der Waals surface area contributed by atoms with Crippen LogP contribution < -0.4 is 10.6 Å². The molecule has 9 nitrogen and oxygen atoms in total. The molecule has 1 heterocycles. The number of nitro benzene ring substituents is 2. The zero-order chi connectivity index (χ0) is 20.4. The summed E-state index contributed by atoms with van der Waals surface area (Å²) in [5.41, 5.74) is 2.13. The Kier molecular flexibility index (Phi) is 5.18. The highest BCUT2D eigenvalue weighted by Crippen LogP contribution is 2.33. The Morgan fingerprint density at radius 2 is 1.50 bits per heavy atom. The summed E-state index contributed by atoms with van der Waals surface area (Å²) >= 11 is 0. The van der Waals surface area contributed by atoms with E-state index in [1.54, 1.807) is 31.2 Å². The van der Waals surface area contributed by atoms with E-state index in [1.807, 2.05) is 0 Å². The number of hydrogen-bond donors (Lipinski definition) is 2. The number of non-ortho nitro benzene ring substituents is 2. The second-order valence-electron chi connectivity index (χ2n) is 6.48. The maximum Gasteiger partial charge on any atom is 0.269 e. The SMILES string of the molecule is CC(=O)C1=C(C)N[C@@H](c2cccc([N+](=O)[O-])c2)N[C@@H]1c1cccc([N+](=O)[O-])c1. The number of nitrogens with one attached hydrogen (secondary N) is 2. The number of nitrogens with zero attached hydrogens (tertiary/aromatic N) is 2. The number of nitro groups is 2. The first-order valence-electron chi connectivity index (χ1n) is 8.51. The molecule has 0 fully saturated rings. The molecule has 1 aliphatic heterocycles. The molecule has 2 aromatic rings. The van der Waals surface area contributed by atoms with E-state index < -0.39 is 22.1 Å². The van der Waals surface area contributed by atoms with Gasteiger partial charge < -0.3 is 5.32 Å². The van der Waals surface area contributed by atoms with Crippen LogP contribution in [0.5, 0.6) is 0 Å². The Labute approximate surface area is 160 Å².